The van der Waals surface area contributed by atoms with E-state index >= 15 is 0 Å². The maximum atomic E-state index is 11.8. The number of nitro benzene ring substituents is 1. The highest BCUT2D eigenvalue weighted by Crippen LogP contribution is 2.32. The second-order valence-electron chi connectivity index (χ2n) is 7.54. The molecule has 0 radical (unpaired) electrons. The second kappa shape index (κ2) is 8.60. The average molecular weight is 406 g/mol. The van der Waals surface area contributed by atoms with Crippen LogP contribution in [0, 0.1) is 10.1 Å². The van der Waals surface area contributed by atoms with Crippen LogP contribution in [0.1, 0.15) is 20.8 Å². The summed E-state index contributed by atoms with van der Waals surface area (Å²) in [6, 6.07) is 17.7. The Balaban J connectivity index is 1.79. The average Bonchev–Trinajstić information content (AvgIpc) is 2.68. The largest absolute Gasteiger partial charge is 0.444 e. The number of benzene rings is 2. The van der Waals surface area contributed by atoms with Crippen molar-refractivity contribution in [3.05, 3.63) is 77.0 Å². The van der Waals surface area contributed by atoms with Gasteiger partial charge in [0.05, 0.1) is 16.8 Å². The summed E-state index contributed by atoms with van der Waals surface area (Å²) in [6.45, 7) is 5.30. The summed E-state index contributed by atoms with van der Waals surface area (Å²) < 4.78 is 5.18. The van der Waals surface area contributed by atoms with Gasteiger partial charge < -0.3 is 10.1 Å². The lowest BCUT2D eigenvalue weighted by atomic mass is 10.0. The van der Waals surface area contributed by atoms with E-state index in [4.69, 9.17) is 4.74 Å². The highest BCUT2D eigenvalue weighted by atomic mass is 16.6. The minimum absolute atomic E-state index is 0.0503. The highest BCUT2D eigenvalue weighted by molar-refractivity contribution is 5.84. The Hall–Kier alpha value is -3.94. The number of ether oxygens (including phenoxy) is 1. The number of carbonyl (C=O) groups is 1. The van der Waals surface area contributed by atoms with E-state index < -0.39 is 16.6 Å². The molecule has 0 saturated carbocycles. The highest BCUT2D eigenvalue weighted by Gasteiger charge is 2.17. The molecule has 0 spiro atoms. The van der Waals surface area contributed by atoms with Crippen molar-refractivity contribution >= 4 is 29.0 Å². The first-order valence-corrected chi connectivity index (χ1v) is 9.28. The van der Waals surface area contributed by atoms with E-state index in [9.17, 15) is 14.9 Å². The Morgan fingerprint density at radius 2 is 1.77 bits per heavy atom. The number of nitrogens with one attached hydrogen (secondary N) is 2. The molecule has 0 aliphatic heterocycles. The molecule has 8 nitrogen and oxygen atoms in total. The van der Waals surface area contributed by atoms with Crippen molar-refractivity contribution in [3.63, 3.8) is 0 Å². The van der Waals surface area contributed by atoms with Gasteiger partial charge in [-0.05, 0) is 56.2 Å². The van der Waals surface area contributed by atoms with Gasteiger partial charge in [0.1, 0.15) is 17.1 Å². The Morgan fingerprint density at radius 3 is 2.37 bits per heavy atom. The third kappa shape index (κ3) is 5.54. The maximum Gasteiger partial charge on any atom is 0.413 e. The predicted molar refractivity (Wildman–Crippen MR) is 116 cm³/mol. The van der Waals surface area contributed by atoms with Crippen molar-refractivity contribution in [2.75, 3.05) is 10.6 Å². The van der Waals surface area contributed by atoms with E-state index in [2.05, 4.69) is 15.6 Å². The van der Waals surface area contributed by atoms with E-state index in [0.29, 0.717) is 17.2 Å². The lowest BCUT2D eigenvalue weighted by Gasteiger charge is -2.19. The summed E-state index contributed by atoms with van der Waals surface area (Å²) in [5.41, 5.74) is 2.01. The Labute approximate surface area is 174 Å². The number of rotatable bonds is 5. The monoisotopic (exact) mass is 406 g/mol. The molecule has 1 aromatic heterocycles. The Kier molecular flexibility index (Phi) is 5.96. The zero-order valence-corrected chi connectivity index (χ0v) is 16.9. The molecule has 154 valence electrons. The van der Waals surface area contributed by atoms with Crippen molar-refractivity contribution in [1.29, 1.82) is 0 Å². The van der Waals surface area contributed by atoms with Crippen LogP contribution in [-0.4, -0.2) is 21.6 Å². The quantitative estimate of drug-likeness (QED) is 0.413. The van der Waals surface area contributed by atoms with Crippen molar-refractivity contribution in [2.45, 2.75) is 26.4 Å². The topological polar surface area (TPSA) is 106 Å². The minimum atomic E-state index is -0.617. The van der Waals surface area contributed by atoms with Crippen LogP contribution in [0.4, 0.5) is 27.7 Å². The number of aromatic nitrogens is 1. The van der Waals surface area contributed by atoms with E-state index in [1.807, 2.05) is 30.3 Å². The van der Waals surface area contributed by atoms with Crippen molar-refractivity contribution in [2.24, 2.45) is 0 Å². The molecular weight excluding hydrogens is 384 g/mol. The van der Waals surface area contributed by atoms with Crippen molar-refractivity contribution < 1.29 is 14.5 Å². The lowest BCUT2D eigenvalue weighted by Crippen LogP contribution is -2.27. The van der Waals surface area contributed by atoms with Gasteiger partial charge in [0.2, 0.25) is 0 Å². The van der Waals surface area contributed by atoms with Gasteiger partial charge in [-0.25, -0.2) is 9.78 Å². The molecule has 0 saturated heterocycles. The van der Waals surface area contributed by atoms with Crippen LogP contribution in [0.5, 0.6) is 0 Å². The van der Waals surface area contributed by atoms with E-state index in [0.717, 1.165) is 11.1 Å². The van der Waals surface area contributed by atoms with Gasteiger partial charge in [-0.2, -0.15) is 0 Å². The molecule has 2 N–H and O–H groups in total. The van der Waals surface area contributed by atoms with Gasteiger partial charge in [0, 0.05) is 6.07 Å². The van der Waals surface area contributed by atoms with Crippen molar-refractivity contribution in [1.82, 2.24) is 4.98 Å². The van der Waals surface area contributed by atoms with Gasteiger partial charge >= 0.3 is 6.09 Å². The number of hydrogen-bond acceptors (Lipinski definition) is 6. The first-order chi connectivity index (χ1) is 14.2. The number of pyridine rings is 1. The molecule has 2 aromatic carbocycles. The minimum Gasteiger partial charge on any atom is -0.444 e. The molecule has 3 rings (SSSR count). The molecule has 1 heterocycles. The van der Waals surface area contributed by atoms with Gasteiger partial charge in [-0.15, -0.1) is 0 Å². The number of anilines is 3. The zero-order valence-electron chi connectivity index (χ0n) is 16.9. The number of nitrogens with zero attached hydrogens (tertiary/aromatic N) is 2. The van der Waals surface area contributed by atoms with Gasteiger partial charge in [0.25, 0.3) is 5.69 Å². The Morgan fingerprint density at radius 1 is 1.03 bits per heavy atom. The van der Waals surface area contributed by atoms with Crippen LogP contribution < -0.4 is 10.6 Å². The summed E-state index contributed by atoms with van der Waals surface area (Å²) in [4.78, 5) is 27.0. The summed E-state index contributed by atoms with van der Waals surface area (Å²) >= 11 is 0. The second-order valence-corrected chi connectivity index (χ2v) is 7.54. The predicted octanol–water partition coefficient (Wildman–Crippen LogP) is 5.75. The maximum absolute atomic E-state index is 11.8. The summed E-state index contributed by atoms with van der Waals surface area (Å²) in [5, 5.41) is 17.0. The molecule has 0 bridgehead atoms. The smallest absolute Gasteiger partial charge is 0.413 e. The summed E-state index contributed by atoms with van der Waals surface area (Å²) in [6.07, 6.45) is 0.868. The fraction of sp³-hybridized carbons (Fsp3) is 0.182. The van der Waals surface area contributed by atoms with Crippen LogP contribution in [-0.2, 0) is 4.74 Å². The molecule has 30 heavy (non-hydrogen) atoms. The number of carbonyl (C=O) groups excluding carboxylic acids is 1. The Bertz CT molecular complexity index is 1040. The number of amides is 1. The van der Waals surface area contributed by atoms with Gasteiger partial charge in [0.15, 0.2) is 0 Å². The van der Waals surface area contributed by atoms with Gasteiger partial charge in [-0.1, -0.05) is 30.3 Å². The van der Waals surface area contributed by atoms with Crippen LogP contribution in [0.2, 0.25) is 0 Å². The third-order valence-electron chi connectivity index (χ3n) is 3.97. The van der Waals surface area contributed by atoms with Crippen LogP contribution in [0.25, 0.3) is 11.1 Å². The number of hydrogen-bond donors (Lipinski definition) is 2. The standard InChI is InChI=1S/C22H22N4O4/c1-22(2,3)30-21(27)25-20-12-10-17(14-23-20)24-18-13-16(9-11-19(18)26(28)29)15-7-5-4-6-8-15/h4-14,24H,1-3H3,(H,23,25,27). The van der Waals surface area contributed by atoms with Crippen LogP contribution in [0.15, 0.2) is 66.9 Å². The molecule has 0 aliphatic carbocycles. The fourth-order valence-corrected chi connectivity index (χ4v) is 2.71. The molecule has 8 heteroatoms. The molecule has 0 atom stereocenters. The van der Waals surface area contributed by atoms with Crippen molar-refractivity contribution in [3.8, 4) is 11.1 Å². The summed E-state index contributed by atoms with van der Waals surface area (Å²) in [7, 11) is 0. The van der Waals surface area contributed by atoms with Crippen LogP contribution >= 0.6 is 0 Å². The van der Waals surface area contributed by atoms with E-state index in [-0.39, 0.29) is 5.69 Å². The molecule has 1 amide bonds. The normalized spacial score (nSPS) is 10.9. The lowest BCUT2D eigenvalue weighted by molar-refractivity contribution is -0.383. The first kappa shape index (κ1) is 20.8. The molecule has 0 unspecified atom stereocenters. The molecule has 3 aromatic rings. The van der Waals surface area contributed by atoms with Gasteiger partial charge in [-0.3, -0.25) is 15.4 Å². The summed E-state index contributed by atoms with van der Waals surface area (Å²) in [5.74, 6) is 0.308. The third-order valence-corrected chi connectivity index (χ3v) is 3.97. The first-order valence-electron chi connectivity index (χ1n) is 9.28. The molecule has 0 aliphatic rings. The van der Waals surface area contributed by atoms with E-state index in [1.54, 1.807) is 45.0 Å². The fourth-order valence-electron chi connectivity index (χ4n) is 2.71. The molecule has 0 fully saturated rings. The SMILES string of the molecule is CC(C)(C)OC(=O)Nc1ccc(Nc2cc(-c3ccccc3)ccc2[N+](=O)[O-])cn1. The van der Waals surface area contributed by atoms with E-state index in [1.165, 1.54) is 12.3 Å². The zero-order chi connectivity index (χ0) is 21.7. The van der Waals surface area contributed by atoms with Crippen LogP contribution in [0.3, 0.4) is 0 Å². The molecular formula is C22H22N4O4. The number of nitro groups is 1.